The van der Waals surface area contributed by atoms with Gasteiger partial charge in [0.2, 0.25) is 0 Å². The first-order valence-electron chi connectivity index (χ1n) is 12.6. The predicted octanol–water partition coefficient (Wildman–Crippen LogP) is 6.57. The van der Waals surface area contributed by atoms with Crippen molar-refractivity contribution in [2.45, 2.75) is 49.9 Å². The fourth-order valence-electron chi connectivity index (χ4n) is 6.66. The molecule has 1 heteroatoms. The molecule has 33 heavy (non-hydrogen) atoms. The van der Waals surface area contributed by atoms with Gasteiger partial charge in [-0.3, -0.25) is 0 Å². The average molecular weight is 498 g/mol. The summed E-state index contributed by atoms with van der Waals surface area (Å²) in [4.78, 5) is 0. The molecule has 0 aliphatic rings. The van der Waals surface area contributed by atoms with Crippen LogP contribution in [0, 0.1) is 0 Å². The molecule has 0 aliphatic carbocycles. The van der Waals surface area contributed by atoms with Gasteiger partial charge in [0.05, 0.1) is 0 Å². The van der Waals surface area contributed by atoms with Crippen LogP contribution in [0.5, 0.6) is 0 Å². The van der Waals surface area contributed by atoms with Gasteiger partial charge in [-0.25, -0.2) is 0 Å². The van der Waals surface area contributed by atoms with E-state index in [1.807, 2.05) is 0 Å². The number of hydrogen-bond acceptors (Lipinski definition) is 0. The van der Waals surface area contributed by atoms with Gasteiger partial charge in [0.15, 0.2) is 0 Å². The molecule has 4 rings (SSSR count). The van der Waals surface area contributed by atoms with Crippen LogP contribution in [0.4, 0.5) is 0 Å². The molecular weight excluding hydrogens is 459 g/mol. The van der Waals surface area contributed by atoms with Gasteiger partial charge in [0.1, 0.15) is 0 Å². The molecule has 172 valence electrons. The van der Waals surface area contributed by atoms with E-state index in [1.165, 1.54) is 36.1 Å². The van der Waals surface area contributed by atoms with Crippen molar-refractivity contribution in [1.82, 2.24) is 0 Å². The number of rotatable bonds is 10. The van der Waals surface area contributed by atoms with Crippen LogP contribution >= 0.6 is 0 Å². The van der Waals surface area contributed by atoms with Crippen molar-refractivity contribution in [1.29, 1.82) is 0 Å². The Morgan fingerprint density at radius 1 is 0.394 bits per heavy atom. The van der Waals surface area contributed by atoms with Gasteiger partial charge in [0.25, 0.3) is 0 Å². The summed E-state index contributed by atoms with van der Waals surface area (Å²) < 4.78 is 6.19. The van der Waals surface area contributed by atoms with E-state index in [9.17, 15) is 0 Å². The molecule has 0 saturated heterocycles. The van der Waals surface area contributed by atoms with Gasteiger partial charge < -0.3 is 0 Å². The second kappa shape index (κ2) is 9.36. The molecule has 0 radical (unpaired) electrons. The van der Waals surface area contributed by atoms with Crippen molar-refractivity contribution >= 4 is 28.8 Å². The number of benzene rings is 4. The summed E-state index contributed by atoms with van der Waals surface area (Å²) in [7, 11) is 0. The van der Waals surface area contributed by atoms with Crippen LogP contribution in [0.1, 0.15) is 39.5 Å². The standard InChI is InChI=1S/C32H38As/c1-3-5-27-33(28-6-4-2,29-19-11-7-12-20-29,30-21-13-8-14-22-30,31-23-15-9-16-24-31)32-25-17-10-18-26-32/h7-26H,3-6,27-28H2,1-2H3/q-1. The normalized spacial score (nSPS) is 13.8. The molecule has 4 aromatic carbocycles. The van der Waals surface area contributed by atoms with Gasteiger partial charge >= 0.3 is 200 Å². The Morgan fingerprint density at radius 3 is 0.848 bits per heavy atom. The van der Waals surface area contributed by atoms with Crippen molar-refractivity contribution in [3.05, 3.63) is 121 Å². The van der Waals surface area contributed by atoms with E-state index in [1.54, 1.807) is 17.4 Å². The van der Waals surface area contributed by atoms with E-state index in [-0.39, 0.29) is 0 Å². The summed E-state index contributed by atoms with van der Waals surface area (Å²) >= 11 is -4.52. The number of hydrogen-bond donors (Lipinski definition) is 0. The van der Waals surface area contributed by atoms with Crippen LogP contribution in [0.15, 0.2) is 121 Å². The zero-order valence-electron chi connectivity index (χ0n) is 20.2. The quantitative estimate of drug-likeness (QED) is 0.217. The minimum atomic E-state index is -4.52. The zero-order chi connectivity index (χ0) is 23.1. The van der Waals surface area contributed by atoms with Gasteiger partial charge in [-0.05, 0) is 0 Å². The van der Waals surface area contributed by atoms with E-state index < -0.39 is 11.3 Å². The molecule has 0 fully saturated rings. The van der Waals surface area contributed by atoms with E-state index in [0.29, 0.717) is 0 Å². The van der Waals surface area contributed by atoms with Crippen LogP contribution in [0.25, 0.3) is 0 Å². The van der Waals surface area contributed by atoms with Crippen molar-refractivity contribution in [3.63, 3.8) is 0 Å². The monoisotopic (exact) mass is 497 g/mol. The van der Waals surface area contributed by atoms with Gasteiger partial charge in [-0.2, -0.15) is 0 Å². The number of unbranched alkanes of at least 4 members (excludes halogenated alkanes) is 2. The molecule has 0 aliphatic heterocycles. The summed E-state index contributed by atoms with van der Waals surface area (Å²) in [5.74, 6) is 0. The topological polar surface area (TPSA) is 0 Å². The molecule has 0 heterocycles. The molecular formula is C32H38As-. The van der Waals surface area contributed by atoms with Crippen molar-refractivity contribution in [2.75, 3.05) is 0 Å². The summed E-state index contributed by atoms with van der Waals surface area (Å²) in [6.45, 7) is 4.69. The predicted molar refractivity (Wildman–Crippen MR) is 149 cm³/mol. The fourth-order valence-corrected chi connectivity index (χ4v) is 28.9. The van der Waals surface area contributed by atoms with Crippen molar-refractivity contribution in [2.24, 2.45) is 0 Å². The van der Waals surface area contributed by atoms with E-state index in [4.69, 9.17) is 0 Å². The third-order valence-corrected chi connectivity index (χ3v) is 29.8. The Labute approximate surface area is 199 Å². The Balaban J connectivity index is 2.40. The Hall–Kier alpha value is -2.56. The Bertz CT molecular complexity index is 961. The second-order valence-electron chi connectivity index (χ2n) is 9.66. The SMILES string of the molecule is CCCC[As-](CCCC)(c1ccccc1)(c1ccccc1)(c1ccccc1)c1ccccc1. The molecule has 0 nitrogen and oxygen atoms in total. The summed E-state index contributed by atoms with van der Waals surface area (Å²) in [6, 6.07) is 46.5. The third kappa shape index (κ3) is 3.18. The molecule has 0 amide bonds. The third-order valence-electron chi connectivity index (χ3n) is 8.27. The molecule has 0 saturated carbocycles. The Morgan fingerprint density at radius 2 is 0.636 bits per heavy atom. The van der Waals surface area contributed by atoms with Crippen LogP contribution in [0.2, 0.25) is 10.4 Å². The maximum absolute atomic E-state index is 4.52. The molecule has 4 aromatic rings. The van der Waals surface area contributed by atoms with Crippen LogP contribution in [-0.2, 0) is 0 Å². The molecule has 0 unspecified atom stereocenters. The zero-order valence-corrected chi connectivity index (χ0v) is 22.1. The summed E-state index contributed by atoms with van der Waals surface area (Å²) in [6.07, 6.45) is 4.78. The maximum atomic E-state index is 2.46. The minimum absolute atomic E-state index is 1.19. The fraction of sp³-hybridized carbons (Fsp3) is 0.250. The first kappa shape index (κ1) is 23.6. The van der Waals surface area contributed by atoms with Gasteiger partial charge in [0, 0.05) is 0 Å². The average Bonchev–Trinajstić information content (AvgIpc) is 2.92. The van der Waals surface area contributed by atoms with E-state index in [2.05, 4.69) is 135 Å². The molecule has 0 bridgehead atoms. The summed E-state index contributed by atoms with van der Waals surface area (Å²) in [5, 5.41) is 2.39. The Kier molecular flexibility index (Phi) is 6.69. The van der Waals surface area contributed by atoms with Crippen molar-refractivity contribution < 1.29 is 0 Å². The van der Waals surface area contributed by atoms with Crippen LogP contribution < -0.4 is 17.4 Å². The molecule has 0 N–H and O–H groups in total. The van der Waals surface area contributed by atoms with Gasteiger partial charge in [-0.15, -0.1) is 0 Å². The van der Waals surface area contributed by atoms with E-state index in [0.717, 1.165) is 0 Å². The molecule has 0 spiro atoms. The van der Waals surface area contributed by atoms with Crippen LogP contribution in [-0.4, -0.2) is 11.3 Å². The van der Waals surface area contributed by atoms with Crippen LogP contribution in [0.3, 0.4) is 0 Å². The first-order chi connectivity index (χ1) is 16.2. The summed E-state index contributed by atoms with van der Waals surface area (Å²) in [5.41, 5.74) is 0. The second-order valence-corrected chi connectivity index (χ2v) is 24.9. The molecule has 0 aromatic heterocycles. The van der Waals surface area contributed by atoms with Crippen molar-refractivity contribution in [3.8, 4) is 0 Å². The van der Waals surface area contributed by atoms with E-state index >= 15 is 0 Å². The first-order valence-corrected chi connectivity index (χ1v) is 19.0. The van der Waals surface area contributed by atoms with Gasteiger partial charge in [-0.1, -0.05) is 0 Å². The molecule has 0 atom stereocenters.